The first-order chi connectivity index (χ1) is 15.8. The Kier molecular flexibility index (Phi) is 7.59. The van der Waals surface area contributed by atoms with Crippen LogP contribution in [0.4, 0.5) is 11.4 Å². The molecule has 0 atom stereocenters. The zero-order valence-electron chi connectivity index (χ0n) is 18.1. The zero-order valence-corrected chi connectivity index (χ0v) is 19.6. The number of hydrogen-bond donors (Lipinski definition) is 1. The third kappa shape index (κ3) is 4.95. The summed E-state index contributed by atoms with van der Waals surface area (Å²) < 4.78 is 11.6. The minimum atomic E-state index is -0.591. The SMILES string of the molecule is COc1ccc(CCn2c(O)c(C#N)c(C)c(N=Nc3cccc(Cl)c3Cl)c2=O)cc1OC. The number of halogens is 2. The fraction of sp³-hybridized carbons (Fsp3) is 0.217. The van der Waals surface area contributed by atoms with Crippen LogP contribution in [0.3, 0.4) is 0 Å². The number of aromatic hydroxyl groups is 1. The lowest BCUT2D eigenvalue weighted by molar-refractivity contribution is 0.354. The Morgan fingerprint density at radius 1 is 1.12 bits per heavy atom. The predicted octanol–water partition coefficient (Wildman–Crippen LogP) is 5.72. The molecule has 0 unspecified atom stereocenters. The van der Waals surface area contributed by atoms with E-state index in [1.54, 1.807) is 30.3 Å². The number of ether oxygens (including phenoxy) is 2. The van der Waals surface area contributed by atoms with Crippen molar-refractivity contribution < 1.29 is 14.6 Å². The molecule has 0 bridgehead atoms. The number of benzene rings is 2. The molecule has 170 valence electrons. The van der Waals surface area contributed by atoms with Gasteiger partial charge in [0.05, 0.1) is 24.3 Å². The van der Waals surface area contributed by atoms with Crippen LogP contribution >= 0.6 is 23.2 Å². The van der Waals surface area contributed by atoms with Gasteiger partial charge in [-0.3, -0.25) is 9.36 Å². The maximum atomic E-state index is 13.1. The molecule has 3 rings (SSSR count). The first kappa shape index (κ1) is 24.1. The summed E-state index contributed by atoms with van der Waals surface area (Å²) in [6, 6.07) is 12.1. The number of aromatic nitrogens is 1. The zero-order chi connectivity index (χ0) is 24.1. The van der Waals surface area contributed by atoms with Crippen molar-refractivity contribution >= 4 is 34.6 Å². The Hall–Kier alpha value is -3.54. The summed E-state index contributed by atoms with van der Waals surface area (Å²) in [6.07, 6.45) is 0.373. The number of aryl methyl sites for hydroxylation is 1. The van der Waals surface area contributed by atoms with Gasteiger partial charge in [0.25, 0.3) is 5.56 Å². The number of nitrogens with zero attached hydrogens (tertiary/aromatic N) is 4. The molecule has 0 saturated carbocycles. The molecule has 3 aromatic rings. The van der Waals surface area contributed by atoms with Crippen LogP contribution < -0.4 is 15.0 Å². The molecule has 1 heterocycles. The smallest absolute Gasteiger partial charge is 0.281 e. The van der Waals surface area contributed by atoms with Gasteiger partial charge in [-0.1, -0.05) is 35.3 Å². The van der Waals surface area contributed by atoms with Crippen LogP contribution in [0.5, 0.6) is 17.4 Å². The van der Waals surface area contributed by atoms with Gasteiger partial charge in [-0.25, -0.2) is 0 Å². The molecule has 0 fully saturated rings. The van der Waals surface area contributed by atoms with Crippen LogP contribution in [-0.2, 0) is 13.0 Å². The van der Waals surface area contributed by atoms with E-state index < -0.39 is 11.4 Å². The molecule has 0 aliphatic heterocycles. The lowest BCUT2D eigenvalue weighted by Crippen LogP contribution is -2.23. The Balaban J connectivity index is 2.01. The lowest BCUT2D eigenvalue weighted by Gasteiger charge is -2.14. The second-order valence-corrected chi connectivity index (χ2v) is 7.74. The molecule has 0 amide bonds. The number of pyridine rings is 1. The molecular weight excluding hydrogens is 467 g/mol. The van der Waals surface area contributed by atoms with Gasteiger partial charge >= 0.3 is 0 Å². The van der Waals surface area contributed by atoms with Gasteiger partial charge in [-0.05, 0) is 43.2 Å². The van der Waals surface area contributed by atoms with E-state index in [-0.39, 0.29) is 34.1 Å². The molecule has 0 aliphatic rings. The maximum absolute atomic E-state index is 13.1. The maximum Gasteiger partial charge on any atom is 0.281 e. The summed E-state index contributed by atoms with van der Waals surface area (Å²) in [5, 5.41) is 28.7. The van der Waals surface area contributed by atoms with Crippen LogP contribution in [0.25, 0.3) is 0 Å². The summed E-state index contributed by atoms with van der Waals surface area (Å²) in [6.45, 7) is 1.61. The Morgan fingerprint density at radius 2 is 1.85 bits per heavy atom. The van der Waals surface area contributed by atoms with Gasteiger partial charge < -0.3 is 14.6 Å². The van der Waals surface area contributed by atoms with E-state index >= 15 is 0 Å². The highest BCUT2D eigenvalue weighted by atomic mass is 35.5. The third-order valence-corrected chi connectivity index (χ3v) is 5.84. The summed E-state index contributed by atoms with van der Waals surface area (Å²) in [5.74, 6) is 0.687. The van der Waals surface area contributed by atoms with Crippen LogP contribution in [0, 0.1) is 18.3 Å². The number of methoxy groups -OCH3 is 2. The molecule has 1 aromatic heterocycles. The quantitative estimate of drug-likeness (QED) is 0.429. The van der Waals surface area contributed by atoms with Crippen molar-refractivity contribution in [2.75, 3.05) is 14.2 Å². The minimum Gasteiger partial charge on any atom is -0.493 e. The van der Waals surface area contributed by atoms with Crippen LogP contribution in [0.15, 0.2) is 51.4 Å². The third-order valence-electron chi connectivity index (χ3n) is 5.03. The van der Waals surface area contributed by atoms with E-state index in [0.29, 0.717) is 22.9 Å². The van der Waals surface area contributed by atoms with Crippen molar-refractivity contribution in [2.45, 2.75) is 19.9 Å². The standard InChI is InChI=1S/C23H20Cl2N4O4/c1-13-15(12-26)22(30)29(10-9-14-7-8-18(32-2)19(11-14)33-3)23(31)21(13)28-27-17-6-4-5-16(24)20(17)25/h4-8,11,30H,9-10H2,1-3H3. The molecule has 0 spiro atoms. The average molecular weight is 487 g/mol. The molecule has 0 saturated heterocycles. The Labute approximate surface area is 200 Å². The van der Waals surface area contributed by atoms with E-state index in [0.717, 1.165) is 10.1 Å². The van der Waals surface area contributed by atoms with Gasteiger partial charge in [0.1, 0.15) is 17.3 Å². The second kappa shape index (κ2) is 10.4. The molecular formula is C23H20Cl2N4O4. The lowest BCUT2D eigenvalue weighted by atomic mass is 10.1. The van der Waals surface area contributed by atoms with Gasteiger partial charge in [0, 0.05) is 12.1 Å². The fourth-order valence-corrected chi connectivity index (χ4v) is 3.55. The highest BCUT2D eigenvalue weighted by Crippen LogP contribution is 2.34. The van der Waals surface area contributed by atoms with E-state index in [9.17, 15) is 15.2 Å². The largest absolute Gasteiger partial charge is 0.493 e. The Bertz CT molecular complexity index is 1330. The summed E-state index contributed by atoms with van der Waals surface area (Å²) in [4.78, 5) is 13.1. The van der Waals surface area contributed by atoms with Crippen molar-refractivity contribution in [3.63, 3.8) is 0 Å². The Morgan fingerprint density at radius 3 is 2.52 bits per heavy atom. The number of hydrogen-bond acceptors (Lipinski definition) is 7. The van der Waals surface area contributed by atoms with Crippen LogP contribution in [0.2, 0.25) is 10.0 Å². The fourth-order valence-electron chi connectivity index (χ4n) is 3.22. The van der Waals surface area contributed by atoms with E-state index in [2.05, 4.69) is 10.2 Å². The van der Waals surface area contributed by atoms with Crippen molar-refractivity contribution in [2.24, 2.45) is 10.2 Å². The molecule has 10 heteroatoms. The molecule has 2 aromatic carbocycles. The highest BCUT2D eigenvalue weighted by Gasteiger charge is 2.19. The molecule has 1 N–H and O–H groups in total. The topological polar surface area (TPSA) is 109 Å². The number of azo groups is 1. The number of nitriles is 1. The summed E-state index contributed by atoms with van der Waals surface area (Å²) in [7, 11) is 3.07. The van der Waals surface area contributed by atoms with Crippen molar-refractivity contribution in [3.05, 3.63) is 73.5 Å². The average Bonchev–Trinajstić information content (AvgIpc) is 2.81. The molecule has 0 aliphatic carbocycles. The molecule has 8 nitrogen and oxygen atoms in total. The second-order valence-electron chi connectivity index (χ2n) is 6.95. The summed E-state index contributed by atoms with van der Waals surface area (Å²) >= 11 is 12.1. The van der Waals surface area contributed by atoms with Crippen molar-refractivity contribution in [1.82, 2.24) is 4.57 Å². The summed E-state index contributed by atoms with van der Waals surface area (Å²) in [5.41, 5.74) is 0.592. The first-order valence-corrected chi connectivity index (χ1v) is 10.5. The molecule has 33 heavy (non-hydrogen) atoms. The van der Waals surface area contributed by atoms with Crippen LogP contribution in [0.1, 0.15) is 16.7 Å². The first-order valence-electron chi connectivity index (χ1n) is 9.75. The minimum absolute atomic E-state index is 0.0620. The monoisotopic (exact) mass is 486 g/mol. The number of rotatable bonds is 7. The van der Waals surface area contributed by atoms with Gasteiger partial charge in [-0.15, -0.1) is 10.2 Å². The van der Waals surface area contributed by atoms with Gasteiger partial charge in [-0.2, -0.15) is 5.26 Å². The van der Waals surface area contributed by atoms with Gasteiger partial charge in [0.15, 0.2) is 17.2 Å². The van der Waals surface area contributed by atoms with Crippen molar-refractivity contribution in [3.8, 4) is 23.4 Å². The van der Waals surface area contributed by atoms with Crippen LogP contribution in [-0.4, -0.2) is 23.9 Å². The van der Waals surface area contributed by atoms with E-state index in [4.69, 9.17) is 32.7 Å². The predicted molar refractivity (Wildman–Crippen MR) is 126 cm³/mol. The highest BCUT2D eigenvalue weighted by molar-refractivity contribution is 6.43. The molecule has 0 radical (unpaired) electrons. The normalized spacial score (nSPS) is 10.9. The van der Waals surface area contributed by atoms with E-state index in [1.807, 2.05) is 12.1 Å². The van der Waals surface area contributed by atoms with Crippen molar-refractivity contribution in [1.29, 1.82) is 5.26 Å². The van der Waals surface area contributed by atoms with Gasteiger partial charge in [0.2, 0.25) is 5.88 Å². The van der Waals surface area contributed by atoms with E-state index in [1.165, 1.54) is 21.1 Å².